The van der Waals surface area contributed by atoms with Crippen LogP contribution in [-0.2, 0) is 23.2 Å². The molecular formula is C14H16BrNO4S. The van der Waals surface area contributed by atoms with E-state index in [2.05, 4.69) is 20.7 Å². The van der Waals surface area contributed by atoms with Crippen LogP contribution in [0.5, 0.6) is 0 Å². The van der Waals surface area contributed by atoms with E-state index in [1.54, 1.807) is 32.0 Å². The predicted molar refractivity (Wildman–Crippen MR) is 82.3 cm³/mol. The van der Waals surface area contributed by atoms with E-state index >= 15 is 0 Å². The number of benzene rings is 1. The first kappa shape index (κ1) is 16.2. The summed E-state index contributed by atoms with van der Waals surface area (Å²) in [6, 6.07) is 6.67. The van der Waals surface area contributed by atoms with Gasteiger partial charge in [0, 0.05) is 4.47 Å². The summed E-state index contributed by atoms with van der Waals surface area (Å²) in [7, 11) is -3.69. The largest absolute Gasteiger partial charge is 0.465 e. The Balaban J connectivity index is 2.29. The molecule has 0 spiro atoms. The molecule has 0 aliphatic heterocycles. The average Bonchev–Trinajstić information content (AvgIpc) is 2.85. The van der Waals surface area contributed by atoms with E-state index in [1.807, 2.05) is 0 Å². The lowest BCUT2D eigenvalue weighted by molar-refractivity contribution is 0.281. The molecule has 0 aliphatic rings. The van der Waals surface area contributed by atoms with Gasteiger partial charge in [-0.15, -0.1) is 0 Å². The van der Waals surface area contributed by atoms with Gasteiger partial charge in [0.05, 0.1) is 18.0 Å². The van der Waals surface area contributed by atoms with Crippen LogP contribution in [0.25, 0.3) is 0 Å². The van der Waals surface area contributed by atoms with Crippen LogP contribution in [0.3, 0.4) is 0 Å². The molecule has 0 amide bonds. The van der Waals surface area contributed by atoms with Crippen molar-refractivity contribution in [1.29, 1.82) is 0 Å². The van der Waals surface area contributed by atoms with Crippen molar-refractivity contribution in [2.24, 2.45) is 0 Å². The molecule has 2 rings (SSSR count). The fourth-order valence-electron chi connectivity index (χ4n) is 1.90. The third-order valence-corrected chi connectivity index (χ3v) is 5.41. The maximum atomic E-state index is 12.4. The van der Waals surface area contributed by atoms with Gasteiger partial charge in [0.2, 0.25) is 10.0 Å². The topological polar surface area (TPSA) is 79.5 Å². The van der Waals surface area contributed by atoms with E-state index in [0.717, 1.165) is 5.76 Å². The third kappa shape index (κ3) is 3.74. The van der Waals surface area contributed by atoms with Crippen LogP contribution in [0.1, 0.15) is 22.6 Å². The molecule has 7 heteroatoms. The summed E-state index contributed by atoms with van der Waals surface area (Å²) in [5.74, 6) is 1.27. The van der Waals surface area contributed by atoms with Gasteiger partial charge in [-0.1, -0.05) is 15.9 Å². The van der Waals surface area contributed by atoms with Gasteiger partial charge < -0.3 is 9.52 Å². The lowest BCUT2D eigenvalue weighted by Crippen LogP contribution is -2.24. The van der Waals surface area contributed by atoms with Gasteiger partial charge in [0.15, 0.2) is 0 Å². The SMILES string of the molecule is Cc1ccc(CNS(=O)(=O)c2cc(CO)cc(Br)c2C)o1. The zero-order valence-electron chi connectivity index (χ0n) is 11.7. The molecule has 0 saturated carbocycles. The van der Waals surface area contributed by atoms with Crippen LogP contribution < -0.4 is 4.72 Å². The highest BCUT2D eigenvalue weighted by Gasteiger charge is 2.19. The molecule has 0 saturated heterocycles. The van der Waals surface area contributed by atoms with Crippen LogP contribution >= 0.6 is 15.9 Å². The fraction of sp³-hybridized carbons (Fsp3) is 0.286. The summed E-state index contributed by atoms with van der Waals surface area (Å²) in [4.78, 5) is 0.143. The molecule has 0 radical (unpaired) electrons. The number of aliphatic hydroxyl groups excluding tert-OH is 1. The van der Waals surface area contributed by atoms with Crippen molar-refractivity contribution in [3.63, 3.8) is 0 Å². The van der Waals surface area contributed by atoms with Gasteiger partial charge >= 0.3 is 0 Å². The second kappa shape index (κ2) is 6.31. The zero-order valence-corrected chi connectivity index (χ0v) is 14.1. The van der Waals surface area contributed by atoms with Crippen molar-refractivity contribution in [1.82, 2.24) is 4.72 Å². The molecule has 0 unspecified atom stereocenters. The number of aryl methyl sites for hydroxylation is 1. The Morgan fingerprint density at radius 3 is 2.57 bits per heavy atom. The summed E-state index contributed by atoms with van der Waals surface area (Å²) in [5, 5.41) is 9.20. The monoisotopic (exact) mass is 373 g/mol. The standard InChI is InChI=1S/C14H16BrNO4S/c1-9-3-4-12(20-9)7-16-21(18,19)14-6-11(8-17)5-13(15)10(14)2/h3-6,16-17H,7-8H2,1-2H3. The van der Waals surface area contributed by atoms with Gasteiger partial charge in [-0.25, -0.2) is 13.1 Å². The summed E-state index contributed by atoms with van der Waals surface area (Å²) in [6.07, 6.45) is 0. The van der Waals surface area contributed by atoms with Gasteiger partial charge in [-0.2, -0.15) is 0 Å². The van der Waals surface area contributed by atoms with Crippen LogP contribution in [0, 0.1) is 13.8 Å². The second-order valence-corrected chi connectivity index (χ2v) is 7.29. The van der Waals surface area contributed by atoms with E-state index in [9.17, 15) is 13.5 Å². The molecule has 0 fully saturated rings. The predicted octanol–water partition coefficient (Wildman–Crippen LogP) is 2.63. The molecule has 21 heavy (non-hydrogen) atoms. The van der Waals surface area contributed by atoms with E-state index in [4.69, 9.17) is 4.42 Å². The minimum atomic E-state index is -3.69. The maximum absolute atomic E-state index is 12.4. The molecule has 0 aliphatic carbocycles. The first-order chi connectivity index (χ1) is 9.83. The van der Waals surface area contributed by atoms with Gasteiger partial charge in [0.25, 0.3) is 0 Å². The molecule has 2 N–H and O–H groups in total. The Kier molecular flexibility index (Phi) is 4.88. The minimum Gasteiger partial charge on any atom is -0.465 e. The first-order valence-electron chi connectivity index (χ1n) is 6.28. The smallest absolute Gasteiger partial charge is 0.241 e. The Morgan fingerprint density at radius 1 is 1.29 bits per heavy atom. The van der Waals surface area contributed by atoms with Crippen LogP contribution in [0.2, 0.25) is 0 Å². The Hall–Kier alpha value is -1.15. The molecule has 0 atom stereocenters. The maximum Gasteiger partial charge on any atom is 0.241 e. The lowest BCUT2D eigenvalue weighted by atomic mass is 10.2. The minimum absolute atomic E-state index is 0.0799. The number of hydrogen-bond donors (Lipinski definition) is 2. The van der Waals surface area contributed by atoms with Gasteiger partial charge in [-0.05, 0) is 49.2 Å². The Bertz CT molecular complexity index is 752. The first-order valence-corrected chi connectivity index (χ1v) is 8.56. The summed E-state index contributed by atoms with van der Waals surface area (Å²) in [5.41, 5.74) is 1.12. The highest BCUT2D eigenvalue weighted by atomic mass is 79.9. The zero-order chi connectivity index (χ0) is 15.6. The van der Waals surface area contributed by atoms with Crippen molar-refractivity contribution in [3.8, 4) is 0 Å². The third-order valence-electron chi connectivity index (χ3n) is 3.06. The van der Waals surface area contributed by atoms with E-state index in [0.29, 0.717) is 21.4 Å². The number of nitrogens with one attached hydrogen (secondary N) is 1. The number of halogens is 1. The molecule has 2 aromatic rings. The highest BCUT2D eigenvalue weighted by Crippen LogP contribution is 2.26. The number of rotatable bonds is 5. The molecule has 5 nitrogen and oxygen atoms in total. The number of aliphatic hydroxyl groups is 1. The molecule has 1 aromatic heterocycles. The van der Waals surface area contributed by atoms with Crippen molar-refractivity contribution in [2.45, 2.75) is 31.9 Å². The van der Waals surface area contributed by atoms with E-state index in [1.165, 1.54) is 6.07 Å². The number of furan rings is 1. The van der Waals surface area contributed by atoms with Crippen LogP contribution in [0.4, 0.5) is 0 Å². The number of hydrogen-bond acceptors (Lipinski definition) is 4. The summed E-state index contributed by atoms with van der Waals surface area (Å²) in [6.45, 7) is 3.36. The van der Waals surface area contributed by atoms with E-state index in [-0.39, 0.29) is 18.0 Å². The lowest BCUT2D eigenvalue weighted by Gasteiger charge is -2.11. The van der Waals surface area contributed by atoms with Crippen molar-refractivity contribution in [3.05, 3.63) is 51.4 Å². The van der Waals surface area contributed by atoms with Crippen molar-refractivity contribution >= 4 is 26.0 Å². The second-order valence-electron chi connectivity index (χ2n) is 4.70. The molecule has 0 bridgehead atoms. The highest BCUT2D eigenvalue weighted by molar-refractivity contribution is 9.10. The summed E-state index contributed by atoms with van der Waals surface area (Å²) >= 11 is 3.31. The fourth-order valence-corrected chi connectivity index (χ4v) is 3.85. The van der Waals surface area contributed by atoms with E-state index < -0.39 is 10.0 Å². The molecule has 1 aromatic carbocycles. The number of sulfonamides is 1. The van der Waals surface area contributed by atoms with Gasteiger partial charge in [0.1, 0.15) is 11.5 Å². The molecular weight excluding hydrogens is 358 g/mol. The quantitative estimate of drug-likeness (QED) is 0.843. The average molecular weight is 374 g/mol. The normalized spacial score (nSPS) is 11.8. The van der Waals surface area contributed by atoms with Crippen LogP contribution in [-0.4, -0.2) is 13.5 Å². The van der Waals surface area contributed by atoms with Crippen molar-refractivity contribution < 1.29 is 17.9 Å². The molecule has 114 valence electrons. The molecule has 1 heterocycles. The van der Waals surface area contributed by atoms with Gasteiger partial charge in [-0.3, -0.25) is 0 Å². The Labute approximate surface area is 132 Å². The summed E-state index contributed by atoms with van der Waals surface area (Å²) < 4.78 is 33.3. The Morgan fingerprint density at radius 2 is 2.00 bits per heavy atom. The van der Waals surface area contributed by atoms with Crippen molar-refractivity contribution in [2.75, 3.05) is 0 Å². The van der Waals surface area contributed by atoms with Crippen LogP contribution in [0.15, 0.2) is 38.1 Å².